The van der Waals surface area contributed by atoms with E-state index in [1.54, 1.807) is 0 Å². The maximum atomic E-state index is 3.54. The molecule has 0 rings (SSSR count). The second-order valence-corrected chi connectivity index (χ2v) is 4.58. The molecule has 92 valence electrons. The van der Waals surface area contributed by atoms with Gasteiger partial charge in [0.15, 0.2) is 0 Å². The Morgan fingerprint density at radius 1 is 0.533 bits per heavy atom. The Hall–Kier alpha value is -0.0400. The van der Waals surface area contributed by atoms with Crippen LogP contribution in [0.2, 0.25) is 0 Å². The average Bonchev–Trinajstić information content (AvgIpc) is 2.26. The van der Waals surface area contributed by atoms with Crippen molar-refractivity contribution in [2.45, 2.75) is 78.1 Å². The van der Waals surface area contributed by atoms with Crippen LogP contribution in [0.1, 0.15) is 78.1 Å². The lowest BCUT2D eigenvalue weighted by Crippen LogP contribution is -2.16. The lowest BCUT2D eigenvalue weighted by molar-refractivity contribution is 0.552. The molecule has 1 nitrogen and oxygen atoms in total. The molecule has 0 fully saturated rings. The maximum absolute atomic E-state index is 3.54. The van der Waals surface area contributed by atoms with Crippen molar-refractivity contribution in [3.8, 4) is 0 Å². The van der Waals surface area contributed by atoms with Crippen LogP contribution in [0.15, 0.2) is 0 Å². The van der Waals surface area contributed by atoms with Gasteiger partial charge in [-0.2, -0.15) is 0 Å². The van der Waals surface area contributed by atoms with Crippen LogP contribution in [0.5, 0.6) is 0 Å². The summed E-state index contributed by atoms with van der Waals surface area (Å²) >= 11 is 0. The van der Waals surface area contributed by atoms with E-state index in [-0.39, 0.29) is 0 Å². The molecular weight excluding hydrogens is 182 g/mol. The summed E-state index contributed by atoms with van der Waals surface area (Å²) < 4.78 is 0. The third-order valence-electron chi connectivity index (χ3n) is 2.91. The summed E-state index contributed by atoms with van der Waals surface area (Å²) in [5, 5.41) is 3.54. The second-order valence-electron chi connectivity index (χ2n) is 4.58. The zero-order chi connectivity index (χ0) is 11.2. The highest BCUT2D eigenvalue weighted by atomic mass is 14.8. The fraction of sp³-hybridized carbons (Fsp3) is 1.00. The molecule has 0 aromatic heterocycles. The molecule has 0 saturated heterocycles. The minimum absolute atomic E-state index is 1.23. The first-order valence-electron chi connectivity index (χ1n) is 7.12. The van der Waals surface area contributed by atoms with Crippen molar-refractivity contribution in [3.05, 3.63) is 0 Å². The molecule has 1 heteroatoms. The summed E-state index contributed by atoms with van der Waals surface area (Å²) in [6.45, 7) is 7.01. The summed E-state index contributed by atoms with van der Waals surface area (Å²) in [6, 6.07) is 0. The van der Waals surface area contributed by atoms with Crippen molar-refractivity contribution in [1.82, 2.24) is 5.32 Å². The van der Waals surface area contributed by atoms with Crippen LogP contribution >= 0.6 is 0 Å². The Kier molecular flexibility index (Phi) is 13.9. The topological polar surface area (TPSA) is 12.0 Å². The third kappa shape index (κ3) is 14.0. The first kappa shape index (κ1) is 15.0. The van der Waals surface area contributed by atoms with Crippen LogP contribution in [0.4, 0.5) is 0 Å². The smallest absolute Gasteiger partial charge is 0.00489 e. The molecule has 0 aliphatic heterocycles. The zero-order valence-corrected chi connectivity index (χ0v) is 11.0. The molecule has 0 aromatic rings. The van der Waals surface area contributed by atoms with Crippen LogP contribution in [-0.2, 0) is 0 Å². The van der Waals surface area contributed by atoms with Crippen molar-refractivity contribution in [1.29, 1.82) is 0 Å². The van der Waals surface area contributed by atoms with Gasteiger partial charge in [0.25, 0.3) is 0 Å². The normalized spacial score (nSPS) is 10.8. The largest absolute Gasteiger partial charge is 0.317 e. The van der Waals surface area contributed by atoms with E-state index in [2.05, 4.69) is 19.2 Å². The van der Waals surface area contributed by atoms with Gasteiger partial charge < -0.3 is 5.32 Å². The zero-order valence-electron chi connectivity index (χ0n) is 11.0. The van der Waals surface area contributed by atoms with Crippen molar-refractivity contribution in [2.75, 3.05) is 13.1 Å². The standard InChI is InChI=1S/C14H31N/c1-3-5-7-9-10-12-14-15-13-11-8-6-4-2/h15H,3-14H2,1-2H3. The SMILES string of the molecule is CCCCCCCCNCCCCCC. The highest BCUT2D eigenvalue weighted by Crippen LogP contribution is 2.04. The number of unbranched alkanes of at least 4 members (excludes halogenated alkanes) is 8. The van der Waals surface area contributed by atoms with E-state index in [9.17, 15) is 0 Å². The Morgan fingerprint density at radius 2 is 0.933 bits per heavy atom. The van der Waals surface area contributed by atoms with E-state index >= 15 is 0 Å². The molecule has 1 N–H and O–H groups in total. The first-order chi connectivity index (χ1) is 7.41. The lowest BCUT2D eigenvalue weighted by Gasteiger charge is -2.04. The number of hydrogen-bond donors (Lipinski definition) is 1. The van der Waals surface area contributed by atoms with E-state index in [0.29, 0.717) is 0 Å². The van der Waals surface area contributed by atoms with E-state index in [1.807, 2.05) is 0 Å². The van der Waals surface area contributed by atoms with Crippen LogP contribution in [0.25, 0.3) is 0 Å². The van der Waals surface area contributed by atoms with Crippen molar-refractivity contribution in [2.24, 2.45) is 0 Å². The Morgan fingerprint density at radius 3 is 1.47 bits per heavy atom. The van der Waals surface area contributed by atoms with Gasteiger partial charge in [-0.15, -0.1) is 0 Å². The van der Waals surface area contributed by atoms with E-state index < -0.39 is 0 Å². The molecule has 0 unspecified atom stereocenters. The van der Waals surface area contributed by atoms with Gasteiger partial charge in [-0.1, -0.05) is 65.2 Å². The van der Waals surface area contributed by atoms with Gasteiger partial charge in [0.2, 0.25) is 0 Å². The second kappa shape index (κ2) is 14.0. The fourth-order valence-corrected chi connectivity index (χ4v) is 1.83. The van der Waals surface area contributed by atoms with E-state index in [0.717, 1.165) is 0 Å². The molecule has 0 aromatic carbocycles. The molecule has 0 aliphatic rings. The van der Waals surface area contributed by atoms with Crippen LogP contribution in [0.3, 0.4) is 0 Å². The maximum Gasteiger partial charge on any atom is -0.00489 e. The summed E-state index contributed by atoms with van der Waals surface area (Å²) in [5.41, 5.74) is 0. The molecule has 0 amide bonds. The molecule has 0 heterocycles. The highest BCUT2D eigenvalue weighted by molar-refractivity contribution is 4.50. The minimum atomic E-state index is 1.23. The highest BCUT2D eigenvalue weighted by Gasteiger charge is 1.91. The Bertz CT molecular complexity index is 89.5. The monoisotopic (exact) mass is 213 g/mol. The van der Waals surface area contributed by atoms with Gasteiger partial charge in [-0.3, -0.25) is 0 Å². The predicted octanol–water partition coefficient (Wildman–Crippen LogP) is 4.52. The quantitative estimate of drug-likeness (QED) is 0.470. The molecule has 0 spiro atoms. The Balaban J connectivity index is 2.81. The van der Waals surface area contributed by atoms with Crippen molar-refractivity contribution in [3.63, 3.8) is 0 Å². The van der Waals surface area contributed by atoms with Crippen LogP contribution in [-0.4, -0.2) is 13.1 Å². The van der Waals surface area contributed by atoms with Crippen LogP contribution in [0, 0.1) is 0 Å². The van der Waals surface area contributed by atoms with E-state index in [4.69, 9.17) is 0 Å². The summed E-state index contributed by atoms with van der Waals surface area (Å²) in [7, 11) is 0. The number of rotatable bonds is 12. The lowest BCUT2D eigenvalue weighted by atomic mass is 10.1. The molecule has 0 saturated carbocycles. The number of nitrogens with one attached hydrogen (secondary N) is 1. The average molecular weight is 213 g/mol. The van der Waals surface area contributed by atoms with Crippen molar-refractivity contribution < 1.29 is 0 Å². The van der Waals surface area contributed by atoms with Crippen LogP contribution < -0.4 is 5.32 Å². The molecular formula is C14H31N. The fourth-order valence-electron chi connectivity index (χ4n) is 1.83. The molecule has 0 atom stereocenters. The van der Waals surface area contributed by atoms with Crippen molar-refractivity contribution >= 4 is 0 Å². The van der Waals surface area contributed by atoms with Gasteiger partial charge >= 0.3 is 0 Å². The predicted molar refractivity (Wildman–Crippen MR) is 70.4 cm³/mol. The van der Waals surface area contributed by atoms with Gasteiger partial charge in [0.1, 0.15) is 0 Å². The van der Waals surface area contributed by atoms with Gasteiger partial charge in [-0.05, 0) is 25.9 Å². The summed E-state index contributed by atoms with van der Waals surface area (Å²) in [6.07, 6.45) is 14.0. The molecule has 15 heavy (non-hydrogen) atoms. The first-order valence-corrected chi connectivity index (χ1v) is 7.12. The third-order valence-corrected chi connectivity index (χ3v) is 2.91. The van der Waals surface area contributed by atoms with Gasteiger partial charge in [0.05, 0.1) is 0 Å². The number of hydrogen-bond acceptors (Lipinski definition) is 1. The van der Waals surface area contributed by atoms with E-state index in [1.165, 1.54) is 77.3 Å². The molecule has 0 bridgehead atoms. The van der Waals surface area contributed by atoms with Gasteiger partial charge in [-0.25, -0.2) is 0 Å². The molecule has 0 radical (unpaired) electrons. The van der Waals surface area contributed by atoms with Gasteiger partial charge in [0, 0.05) is 0 Å². The molecule has 0 aliphatic carbocycles. The Labute approximate surface area is 97.0 Å². The summed E-state index contributed by atoms with van der Waals surface area (Å²) in [5.74, 6) is 0. The minimum Gasteiger partial charge on any atom is -0.317 e. The summed E-state index contributed by atoms with van der Waals surface area (Å²) in [4.78, 5) is 0.